The van der Waals surface area contributed by atoms with Crippen molar-refractivity contribution in [1.29, 1.82) is 0 Å². The number of aliphatic hydroxyl groups excluding tert-OH is 1. The molecule has 1 fully saturated rings. The molecule has 0 aliphatic heterocycles. The highest BCUT2D eigenvalue weighted by Crippen LogP contribution is 2.46. The van der Waals surface area contributed by atoms with E-state index in [-0.39, 0.29) is 11.5 Å². The normalized spacial score (nSPS) is 23.1. The van der Waals surface area contributed by atoms with Gasteiger partial charge < -0.3 is 5.11 Å². The summed E-state index contributed by atoms with van der Waals surface area (Å²) >= 11 is 0. The Bertz CT molecular complexity index is 647. The Labute approximate surface area is 127 Å². The molecule has 2 nitrogen and oxygen atoms in total. The molecule has 112 valence electrons. The number of pyridine rings is 1. The van der Waals surface area contributed by atoms with Crippen LogP contribution in [-0.4, -0.2) is 10.1 Å². The Hall–Kier alpha value is -1.41. The van der Waals surface area contributed by atoms with Gasteiger partial charge in [-0.15, -0.1) is 0 Å². The summed E-state index contributed by atoms with van der Waals surface area (Å²) in [6.45, 7) is 6.60. The van der Waals surface area contributed by atoms with Gasteiger partial charge in [0.15, 0.2) is 0 Å². The molecule has 1 aromatic carbocycles. The van der Waals surface area contributed by atoms with Crippen molar-refractivity contribution in [2.45, 2.75) is 52.6 Å². The van der Waals surface area contributed by atoms with Crippen LogP contribution in [0.5, 0.6) is 0 Å². The molecule has 2 unspecified atom stereocenters. The van der Waals surface area contributed by atoms with Gasteiger partial charge in [-0.2, -0.15) is 0 Å². The summed E-state index contributed by atoms with van der Waals surface area (Å²) in [6, 6.07) is 10.3. The maximum absolute atomic E-state index is 10.9. The summed E-state index contributed by atoms with van der Waals surface area (Å²) in [5, 5.41) is 12.0. The van der Waals surface area contributed by atoms with Gasteiger partial charge in [-0.1, -0.05) is 38.8 Å². The van der Waals surface area contributed by atoms with Crippen LogP contribution in [0.1, 0.15) is 56.9 Å². The molecule has 1 aliphatic rings. The topological polar surface area (TPSA) is 33.1 Å². The first-order valence-corrected chi connectivity index (χ1v) is 8.03. The average molecular weight is 283 g/mol. The first-order chi connectivity index (χ1) is 9.97. The molecule has 21 heavy (non-hydrogen) atoms. The van der Waals surface area contributed by atoms with Crippen LogP contribution < -0.4 is 0 Å². The summed E-state index contributed by atoms with van der Waals surface area (Å²) in [5.41, 5.74) is 3.30. The lowest BCUT2D eigenvalue weighted by molar-refractivity contribution is 0.00392. The molecule has 2 heteroatoms. The number of fused-ring (bicyclic) bond motifs is 1. The predicted molar refractivity (Wildman–Crippen MR) is 87.2 cm³/mol. The maximum atomic E-state index is 10.9. The van der Waals surface area contributed by atoms with E-state index in [1.807, 2.05) is 25.1 Å². The van der Waals surface area contributed by atoms with Gasteiger partial charge in [0.1, 0.15) is 0 Å². The van der Waals surface area contributed by atoms with Crippen molar-refractivity contribution in [2.75, 3.05) is 0 Å². The van der Waals surface area contributed by atoms with Crippen LogP contribution in [0.4, 0.5) is 0 Å². The number of aromatic nitrogens is 1. The number of aliphatic hydroxyl groups is 1. The van der Waals surface area contributed by atoms with Crippen molar-refractivity contribution in [2.24, 2.45) is 11.3 Å². The SMILES string of the molecule is Cc1ccc2cc(C(O)C3CCCCC3(C)C)ccc2n1. The molecule has 2 atom stereocenters. The molecular weight excluding hydrogens is 258 g/mol. The van der Waals surface area contributed by atoms with Crippen molar-refractivity contribution in [3.05, 3.63) is 41.6 Å². The van der Waals surface area contributed by atoms with E-state index in [0.29, 0.717) is 5.92 Å². The number of aryl methyl sites for hydroxylation is 1. The largest absolute Gasteiger partial charge is 0.388 e. The quantitative estimate of drug-likeness (QED) is 0.859. The van der Waals surface area contributed by atoms with E-state index >= 15 is 0 Å². The number of benzene rings is 1. The Morgan fingerprint density at radius 1 is 1.19 bits per heavy atom. The third-order valence-corrected chi connectivity index (χ3v) is 5.17. The van der Waals surface area contributed by atoms with Crippen molar-refractivity contribution in [3.8, 4) is 0 Å². The fraction of sp³-hybridized carbons (Fsp3) is 0.526. The zero-order valence-electron chi connectivity index (χ0n) is 13.3. The molecular formula is C19H25NO. The Morgan fingerprint density at radius 3 is 2.76 bits per heavy atom. The maximum Gasteiger partial charge on any atom is 0.0823 e. The van der Waals surface area contributed by atoms with Crippen LogP contribution in [0.2, 0.25) is 0 Å². The van der Waals surface area contributed by atoms with Gasteiger partial charge in [-0.3, -0.25) is 4.98 Å². The first kappa shape index (κ1) is 14.5. The Kier molecular flexibility index (Phi) is 3.75. The van der Waals surface area contributed by atoms with Gasteiger partial charge in [0.05, 0.1) is 11.6 Å². The van der Waals surface area contributed by atoms with E-state index in [0.717, 1.165) is 28.6 Å². The van der Waals surface area contributed by atoms with Gasteiger partial charge in [0.25, 0.3) is 0 Å². The van der Waals surface area contributed by atoms with Crippen molar-refractivity contribution < 1.29 is 5.11 Å². The van der Waals surface area contributed by atoms with Gasteiger partial charge in [-0.05, 0) is 54.9 Å². The highest BCUT2D eigenvalue weighted by molar-refractivity contribution is 5.79. The molecule has 0 amide bonds. The van der Waals surface area contributed by atoms with Crippen LogP contribution in [-0.2, 0) is 0 Å². The monoisotopic (exact) mass is 283 g/mol. The van der Waals surface area contributed by atoms with E-state index < -0.39 is 0 Å². The van der Waals surface area contributed by atoms with Crippen molar-refractivity contribution in [3.63, 3.8) is 0 Å². The van der Waals surface area contributed by atoms with Crippen molar-refractivity contribution in [1.82, 2.24) is 4.98 Å². The minimum absolute atomic E-state index is 0.220. The van der Waals surface area contributed by atoms with Crippen LogP contribution in [0.25, 0.3) is 10.9 Å². The molecule has 1 saturated carbocycles. The predicted octanol–water partition coefficient (Wildman–Crippen LogP) is 4.79. The lowest BCUT2D eigenvalue weighted by Gasteiger charge is -2.41. The second-order valence-electron chi connectivity index (χ2n) is 7.19. The van der Waals surface area contributed by atoms with E-state index in [1.54, 1.807) is 0 Å². The van der Waals surface area contributed by atoms with E-state index in [9.17, 15) is 5.11 Å². The second-order valence-corrected chi connectivity index (χ2v) is 7.19. The van der Waals surface area contributed by atoms with Gasteiger partial charge in [-0.25, -0.2) is 0 Å². The first-order valence-electron chi connectivity index (χ1n) is 8.03. The zero-order valence-corrected chi connectivity index (χ0v) is 13.3. The van der Waals surface area contributed by atoms with Crippen LogP contribution in [0.3, 0.4) is 0 Å². The number of rotatable bonds is 2. The third-order valence-electron chi connectivity index (χ3n) is 5.17. The highest BCUT2D eigenvalue weighted by atomic mass is 16.3. The molecule has 0 bridgehead atoms. The van der Waals surface area contributed by atoms with E-state index in [1.165, 1.54) is 19.3 Å². The fourth-order valence-electron chi connectivity index (χ4n) is 3.77. The fourth-order valence-corrected chi connectivity index (χ4v) is 3.77. The van der Waals surface area contributed by atoms with Gasteiger partial charge in [0, 0.05) is 11.1 Å². The standard InChI is InChI=1S/C19H25NO/c1-13-7-8-14-12-15(9-10-17(14)20-13)18(21)16-6-4-5-11-19(16,2)3/h7-10,12,16,18,21H,4-6,11H2,1-3H3. The Balaban J connectivity index is 1.93. The molecule has 2 aromatic rings. The summed E-state index contributed by atoms with van der Waals surface area (Å²) in [7, 11) is 0. The third kappa shape index (κ3) is 2.82. The van der Waals surface area contributed by atoms with Gasteiger partial charge >= 0.3 is 0 Å². The zero-order chi connectivity index (χ0) is 15.0. The molecule has 3 rings (SSSR count). The minimum atomic E-state index is -0.369. The van der Waals surface area contributed by atoms with Crippen LogP contribution in [0.15, 0.2) is 30.3 Å². The molecule has 1 heterocycles. The number of nitrogens with zero attached hydrogens (tertiary/aromatic N) is 1. The Morgan fingerprint density at radius 2 is 2.00 bits per heavy atom. The molecule has 1 aromatic heterocycles. The average Bonchev–Trinajstić information content (AvgIpc) is 2.45. The lowest BCUT2D eigenvalue weighted by atomic mass is 9.65. The summed E-state index contributed by atoms with van der Waals surface area (Å²) in [6.07, 6.45) is 4.49. The molecule has 0 spiro atoms. The van der Waals surface area contributed by atoms with Crippen LogP contribution in [0, 0.1) is 18.3 Å². The second kappa shape index (κ2) is 5.42. The van der Waals surface area contributed by atoms with Crippen molar-refractivity contribution >= 4 is 10.9 Å². The summed E-state index contributed by atoms with van der Waals surface area (Å²) in [5.74, 6) is 0.349. The highest BCUT2D eigenvalue weighted by Gasteiger charge is 2.37. The summed E-state index contributed by atoms with van der Waals surface area (Å²) < 4.78 is 0. The minimum Gasteiger partial charge on any atom is -0.388 e. The van der Waals surface area contributed by atoms with E-state index in [2.05, 4.69) is 31.0 Å². The van der Waals surface area contributed by atoms with E-state index in [4.69, 9.17) is 0 Å². The summed E-state index contributed by atoms with van der Waals surface area (Å²) in [4.78, 5) is 4.54. The van der Waals surface area contributed by atoms with Gasteiger partial charge in [0.2, 0.25) is 0 Å². The van der Waals surface area contributed by atoms with Crippen LogP contribution >= 0.6 is 0 Å². The molecule has 1 aliphatic carbocycles. The number of hydrogen-bond acceptors (Lipinski definition) is 2. The smallest absolute Gasteiger partial charge is 0.0823 e. The molecule has 1 N–H and O–H groups in total. The lowest BCUT2D eigenvalue weighted by Crippen LogP contribution is -2.32. The molecule has 0 radical (unpaired) electrons. The molecule has 0 saturated heterocycles. The number of hydrogen-bond donors (Lipinski definition) is 1.